The first-order valence-electron chi connectivity index (χ1n) is 8.48. The Morgan fingerprint density at radius 1 is 1.09 bits per heavy atom. The Hall–Kier alpha value is -1.46. The second-order valence-electron chi connectivity index (χ2n) is 6.89. The van der Waals surface area contributed by atoms with Gasteiger partial charge < -0.3 is 14.8 Å². The molecule has 1 heterocycles. The van der Waals surface area contributed by atoms with Crippen LogP contribution in [0.1, 0.15) is 37.7 Å². The summed E-state index contributed by atoms with van der Waals surface area (Å²) in [7, 11) is 0. The molecule has 3 aliphatic rings. The van der Waals surface area contributed by atoms with E-state index in [1.54, 1.807) is 12.1 Å². The van der Waals surface area contributed by atoms with E-state index in [1.807, 2.05) is 0 Å². The Bertz CT molecular complexity index is 584. The number of nitrogens with one attached hydrogen (secondary N) is 1. The lowest BCUT2D eigenvalue weighted by Gasteiger charge is -2.39. The largest absolute Gasteiger partial charge is 0.373 e. The number of amides is 1. The molecule has 5 heteroatoms. The van der Waals surface area contributed by atoms with Gasteiger partial charge in [0.25, 0.3) is 0 Å². The molecule has 3 fully saturated rings. The van der Waals surface area contributed by atoms with Gasteiger partial charge in [0, 0.05) is 6.04 Å². The summed E-state index contributed by atoms with van der Waals surface area (Å²) in [5.74, 6) is -0.193. The Morgan fingerprint density at radius 3 is 2.48 bits per heavy atom. The number of fused-ring (bicyclic) bond motifs is 1. The van der Waals surface area contributed by atoms with Crippen LogP contribution in [0.3, 0.4) is 0 Å². The maximum absolute atomic E-state index is 13.1. The van der Waals surface area contributed by atoms with Crippen molar-refractivity contribution in [3.8, 4) is 0 Å². The van der Waals surface area contributed by atoms with Crippen LogP contribution >= 0.6 is 0 Å². The van der Waals surface area contributed by atoms with Gasteiger partial charge in [-0.25, -0.2) is 4.39 Å². The fourth-order valence-electron chi connectivity index (χ4n) is 3.86. The smallest absolute Gasteiger partial charge is 0.230 e. The fraction of sp³-hybridized carbons (Fsp3) is 0.611. The van der Waals surface area contributed by atoms with Crippen LogP contribution < -0.4 is 5.32 Å². The molecule has 1 aromatic rings. The van der Waals surface area contributed by atoms with Crippen LogP contribution in [0, 0.1) is 5.82 Å². The molecule has 3 unspecified atom stereocenters. The number of carbonyl (C=O) groups excluding carboxylic acids is 1. The van der Waals surface area contributed by atoms with Crippen LogP contribution in [0.25, 0.3) is 0 Å². The van der Waals surface area contributed by atoms with Gasteiger partial charge in [-0.05, 0) is 49.8 Å². The lowest BCUT2D eigenvalue weighted by molar-refractivity contribution is -0.159. The summed E-state index contributed by atoms with van der Waals surface area (Å²) >= 11 is 0. The quantitative estimate of drug-likeness (QED) is 0.930. The molecule has 4 rings (SSSR count). The number of benzene rings is 1. The first kappa shape index (κ1) is 15.1. The molecule has 4 nitrogen and oxygen atoms in total. The Morgan fingerprint density at radius 2 is 1.78 bits per heavy atom. The van der Waals surface area contributed by atoms with Crippen molar-refractivity contribution in [3.05, 3.63) is 35.6 Å². The molecule has 1 amide bonds. The number of halogens is 1. The first-order valence-corrected chi connectivity index (χ1v) is 8.48. The molecule has 1 aromatic carbocycles. The number of ether oxygens (including phenoxy) is 2. The highest BCUT2D eigenvalue weighted by Gasteiger charge is 2.52. The highest BCUT2D eigenvalue weighted by molar-refractivity contribution is 5.91. The lowest BCUT2D eigenvalue weighted by Crippen LogP contribution is -2.51. The molecule has 23 heavy (non-hydrogen) atoms. The number of carbonyl (C=O) groups is 1. The monoisotopic (exact) mass is 319 g/mol. The minimum atomic E-state index is -0.450. The van der Waals surface area contributed by atoms with Crippen molar-refractivity contribution in [1.29, 1.82) is 0 Å². The van der Waals surface area contributed by atoms with Gasteiger partial charge in [0.15, 0.2) is 0 Å². The zero-order valence-electron chi connectivity index (χ0n) is 13.1. The molecule has 0 radical (unpaired) electrons. The van der Waals surface area contributed by atoms with Crippen LogP contribution in [-0.2, 0) is 19.7 Å². The number of hydrogen-bond donors (Lipinski definition) is 1. The van der Waals surface area contributed by atoms with Crippen molar-refractivity contribution < 1.29 is 18.7 Å². The fourth-order valence-corrected chi connectivity index (χ4v) is 3.86. The molecule has 0 bridgehead atoms. The standard InChI is InChI=1S/C18H22FNO3/c19-13-3-1-12(2-4-13)18(7-8-18)17(21)20-14-5-6-15-16(11-14)23-10-9-22-15/h1-4,14-16H,5-11H2,(H,20,21). The van der Waals surface area contributed by atoms with Crippen molar-refractivity contribution >= 4 is 5.91 Å². The molecule has 2 aliphatic carbocycles. The predicted octanol–water partition coefficient (Wildman–Crippen LogP) is 2.31. The summed E-state index contributed by atoms with van der Waals surface area (Å²) in [4.78, 5) is 12.8. The molecule has 1 saturated heterocycles. The van der Waals surface area contributed by atoms with Gasteiger partial charge in [0.2, 0.25) is 5.91 Å². The summed E-state index contributed by atoms with van der Waals surface area (Å²) in [6.07, 6.45) is 4.63. The van der Waals surface area contributed by atoms with E-state index in [1.165, 1.54) is 12.1 Å². The van der Waals surface area contributed by atoms with E-state index in [-0.39, 0.29) is 30.0 Å². The molecule has 1 aliphatic heterocycles. The van der Waals surface area contributed by atoms with Crippen molar-refractivity contribution in [2.45, 2.75) is 55.8 Å². The van der Waals surface area contributed by atoms with Gasteiger partial charge in [-0.15, -0.1) is 0 Å². The number of hydrogen-bond acceptors (Lipinski definition) is 3. The first-order chi connectivity index (χ1) is 11.2. The van der Waals surface area contributed by atoms with Crippen LogP contribution in [0.2, 0.25) is 0 Å². The second-order valence-corrected chi connectivity index (χ2v) is 6.89. The number of rotatable bonds is 3. The summed E-state index contributed by atoms with van der Waals surface area (Å²) < 4.78 is 24.6. The normalized spacial score (nSPS) is 32.0. The molecular weight excluding hydrogens is 297 g/mol. The van der Waals surface area contributed by atoms with Crippen molar-refractivity contribution in [3.63, 3.8) is 0 Å². The minimum Gasteiger partial charge on any atom is -0.373 e. The van der Waals surface area contributed by atoms with Crippen molar-refractivity contribution in [2.24, 2.45) is 0 Å². The van der Waals surface area contributed by atoms with Gasteiger partial charge in [-0.1, -0.05) is 12.1 Å². The average molecular weight is 319 g/mol. The Kier molecular flexibility index (Phi) is 3.85. The second kappa shape index (κ2) is 5.87. The van der Waals surface area contributed by atoms with Crippen LogP contribution in [0.15, 0.2) is 24.3 Å². The zero-order valence-corrected chi connectivity index (χ0v) is 13.1. The van der Waals surface area contributed by atoms with E-state index in [9.17, 15) is 9.18 Å². The summed E-state index contributed by atoms with van der Waals surface area (Å²) in [5, 5.41) is 3.20. The lowest BCUT2D eigenvalue weighted by atomic mass is 9.88. The van der Waals surface area contributed by atoms with E-state index in [4.69, 9.17) is 9.47 Å². The highest BCUT2D eigenvalue weighted by Crippen LogP contribution is 2.48. The van der Waals surface area contributed by atoms with E-state index in [0.29, 0.717) is 13.2 Å². The van der Waals surface area contributed by atoms with Gasteiger partial charge in [0.1, 0.15) is 5.82 Å². The zero-order chi connectivity index (χ0) is 15.9. The Balaban J connectivity index is 1.41. The summed E-state index contributed by atoms with van der Waals surface area (Å²) in [6, 6.07) is 6.47. The van der Waals surface area contributed by atoms with E-state index in [2.05, 4.69) is 5.32 Å². The SMILES string of the molecule is O=C(NC1CCC2OCCOC2C1)C1(c2ccc(F)cc2)CC1. The van der Waals surface area contributed by atoms with Gasteiger partial charge in [-0.3, -0.25) is 4.79 Å². The van der Waals surface area contributed by atoms with Crippen LogP contribution in [0.5, 0.6) is 0 Å². The molecule has 124 valence electrons. The van der Waals surface area contributed by atoms with E-state index < -0.39 is 5.41 Å². The summed E-state index contributed by atoms with van der Waals surface area (Å²) in [5.41, 5.74) is 0.469. The molecule has 2 saturated carbocycles. The molecule has 0 aromatic heterocycles. The topological polar surface area (TPSA) is 47.6 Å². The van der Waals surface area contributed by atoms with Gasteiger partial charge >= 0.3 is 0 Å². The highest BCUT2D eigenvalue weighted by atomic mass is 19.1. The maximum Gasteiger partial charge on any atom is 0.230 e. The molecular formula is C18H22FNO3. The minimum absolute atomic E-state index is 0.0734. The average Bonchev–Trinajstić information content (AvgIpc) is 3.37. The third-order valence-electron chi connectivity index (χ3n) is 5.40. The molecule has 1 N–H and O–H groups in total. The van der Waals surface area contributed by atoms with Crippen molar-refractivity contribution in [1.82, 2.24) is 5.32 Å². The summed E-state index contributed by atoms with van der Waals surface area (Å²) in [6.45, 7) is 1.31. The van der Waals surface area contributed by atoms with Crippen LogP contribution in [0.4, 0.5) is 4.39 Å². The van der Waals surface area contributed by atoms with Crippen molar-refractivity contribution in [2.75, 3.05) is 13.2 Å². The molecule has 3 atom stereocenters. The third-order valence-corrected chi connectivity index (χ3v) is 5.40. The van der Waals surface area contributed by atoms with Crippen LogP contribution in [-0.4, -0.2) is 37.4 Å². The maximum atomic E-state index is 13.1. The van der Waals surface area contributed by atoms with E-state index in [0.717, 1.165) is 37.7 Å². The Labute approximate surface area is 135 Å². The third kappa shape index (κ3) is 2.88. The van der Waals surface area contributed by atoms with E-state index >= 15 is 0 Å². The molecule has 0 spiro atoms. The van der Waals surface area contributed by atoms with Gasteiger partial charge in [0.05, 0.1) is 30.8 Å². The predicted molar refractivity (Wildman–Crippen MR) is 82.6 cm³/mol. The van der Waals surface area contributed by atoms with Gasteiger partial charge in [-0.2, -0.15) is 0 Å².